The molecule has 2 atom stereocenters. The molecule has 1 aromatic rings. The van der Waals surface area contributed by atoms with Crippen LogP contribution in [0.15, 0.2) is 4.52 Å². The van der Waals surface area contributed by atoms with Crippen LogP contribution in [-0.4, -0.2) is 47.9 Å². The Morgan fingerprint density at radius 2 is 2.09 bits per heavy atom. The van der Waals surface area contributed by atoms with Gasteiger partial charge in [-0.05, 0) is 24.7 Å². The van der Waals surface area contributed by atoms with Crippen LogP contribution in [0.2, 0.25) is 0 Å². The number of ether oxygens (including phenoxy) is 1. The summed E-state index contributed by atoms with van der Waals surface area (Å²) in [4.78, 5) is 18.2. The Hall–Kier alpha value is -1.63. The van der Waals surface area contributed by atoms with E-state index < -0.39 is 0 Å². The fraction of sp³-hybridized carbons (Fsp3) is 0.812. The summed E-state index contributed by atoms with van der Waals surface area (Å²) >= 11 is 0. The third kappa shape index (κ3) is 4.92. The first-order valence-electron chi connectivity index (χ1n) is 8.33. The average molecular weight is 324 g/mol. The molecule has 0 spiro atoms. The minimum Gasteiger partial charge on any atom is -0.384 e. The molecule has 2 amide bonds. The third-order valence-corrected chi connectivity index (χ3v) is 4.59. The van der Waals surface area contributed by atoms with Crippen LogP contribution in [0.3, 0.4) is 0 Å². The standard InChI is InChI=1S/C16H28N4O3/c1-11-6-5-7-12(2)15(11)18-16(21)20(3)10-14-17-13(19-23-14)8-9-22-4/h11-12,15H,5-10H2,1-4H3,(H,18,21). The quantitative estimate of drug-likeness (QED) is 0.868. The highest BCUT2D eigenvalue weighted by Gasteiger charge is 2.29. The summed E-state index contributed by atoms with van der Waals surface area (Å²) in [6.45, 7) is 5.27. The van der Waals surface area contributed by atoms with Gasteiger partial charge in [0.05, 0.1) is 6.61 Å². The van der Waals surface area contributed by atoms with Crippen molar-refractivity contribution in [3.63, 3.8) is 0 Å². The van der Waals surface area contributed by atoms with Gasteiger partial charge in [0, 0.05) is 26.6 Å². The predicted octanol–water partition coefficient (Wildman–Crippen LogP) is 2.22. The Labute approximate surface area is 137 Å². The van der Waals surface area contributed by atoms with Gasteiger partial charge >= 0.3 is 6.03 Å². The van der Waals surface area contributed by atoms with Crippen molar-refractivity contribution in [1.82, 2.24) is 20.4 Å². The molecular formula is C16H28N4O3. The first-order valence-corrected chi connectivity index (χ1v) is 8.33. The van der Waals surface area contributed by atoms with E-state index in [-0.39, 0.29) is 12.1 Å². The van der Waals surface area contributed by atoms with Crippen molar-refractivity contribution in [3.05, 3.63) is 11.7 Å². The monoisotopic (exact) mass is 324 g/mol. The summed E-state index contributed by atoms with van der Waals surface area (Å²) < 4.78 is 10.2. The molecule has 1 aliphatic rings. The summed E-state index contributed by atoms with van der Waals surface area (Å²) in [6.07, 6.45) is 4.20. The molecule has 2 rings (SSSR count). The smallest absolute Gasteiger partial charge is 0.317 e. The topological polar surface area (TPSA) is 80.5 Å². The number of methoxy groups -OCH3 is 1. The van der Waals surface area contributed by atoms with E-state index in [1.165, 1.54) is 19.3 Å². The summed E-state index contributed by atoms with van der Waals surface area (Å²) in [6, 6.07) is 0.144. The number of urea groups is 1. The normalized spacial score (nSPS) is 24.4. The molecule has 1 fully saturated rings. The van der Waals surface area contributed by atoms with Crippen molar-refractivity contribution < 1.29 is 14.1 Å². The van der Waals surface area contributed by atoms with Gasteiger partial charge in [0.1, 0.15) is 6.54 Å². The highest BCUT2D eigenvalue weighted by atomic mass is 16.5. The molecule has 0 aromatic carbocycles. The van der Waals surface area contributed by atoms with Crippen molar-refractivity contribution >= 4 is 6.03 Å². The first-order chi connectivity index (χ1) is 11.0. The lowest BCUT2D eigenvalue weighted by Crippen LogP contribution is -2.49. The van der Waals surface area contributed by atoms with Crippen LogP contribution in [-0.2, 0) is 17.7 Å². The maximum absolute atomic E-state index is 12.4. The molecule has 0 saturated heterocycles. The summed E-state index contributed by atoms with van der Waals surface area (Å²) in [7, 11) is 3.37. The van der Waals surface area contributed by atoms with Crippen molar-refractivity contribution in [2.45, 2.75) is 52.1 Å². The van der Waals surface area contributed by atoms with Gasteiger partial charge in [0.2, 0.25) is 5.89 Å². The van der Waals surface area contributed by atoms with Crippen LogP contribution in [0.5, 0.6) is 0 Å². The zero-order valence-electron chi connectivity index (χ0n) is 14.5. The number of nitrogens with zero attached hydrogens (tertiary/aromatic N) is 3. The maximum Gasteiger partial charge on any atom is 0.317 e. The lowest BCUT2D eigenvalue weighted by molar-refractivity contribution is 0.167. The maximum atomic E-state index is 12.4. The molecule has 130 valence electrons. The summed E-state index contributed by atoms with van der Waals surface area (Å²) in [5.74, 6) is 2.07. The van der Waals surface area contributed by atoms with Crippen LogP contribution in [0.4, 0.5) is 4.79 Å². The molecule has 0 aliphatic heterocycles. The van der Waals surface area contributed by atoms with Gasteiger partial charge in [0.25, 0.3) is 0 Å². The van der Waals surface area contributed by atoms with Gasteiger partial charge in [-0.25, -0.2) is 4.79 Å². The highest BCUT2D eigenvalue weighted by molar-refractivity contribution is 5.74. The third-order valence-electron chi connectivity index (χ3n) is 4.59. The fourth-order valence-corrected chi connectivity index (χ4v) is 3.14. The number of carbonyl (C=O) groups is 1. The number of carbonyl (C=O) groups excluding carboxylic acids is 1. The number of hydrogen-bond acceptors (Lipinski definition) is 5. The number of nitrogens with one attached hydrogen (secondary N) is 1. The predicted molar refractivity (Wildman–Crippen MR) is 85.8 cm³/mol. The molecule has 23 heavy (non-hydrogen) atoms. The minimum atomic E-state index is -0.0905. The molecule has 7 nitrogen and oxygen atoms in total. The van der Waals surface area contributed by atoms with E-state index in [2.05, 4.69) is 29.3 Å². The van der Waals surface area contributed by atoms with Crippen LogP contribution in [0.1, 0.15) is 44.8 Å². The SMILES string of the molecule is COCCc1noc(CN(C)C(=O)NC2C(C)CCCC2C)n1. The molecular weight excluding hydrogens is 296 g/mol. The summed E-state index contributed by atoms with van der Waals surface area (Å²) in [5.41, 5.74) is 0. The number of hydrogen-bond donors (Lipinski definition) is 1. The molecule has 1 heterocycles. The fourth-order valence-electron chi connectivity index (χ4n) is 3.14. The van der Waals surface area contributed by atoms with E-state index >= 15 is 0 Å². The Bertz CT molecular complexity index is 495. The van der Waals surface area contributed by atoms with Crippen LogP contribution < -0.4 is 5.32 Å². The molecule has 1 saturated carbocycles. The first kappa shape index (κ1) is 17.7. The number of aromatic nitrogens is 2. The molecule has 2 unspecified atom stereocenters. The minimum absolute atomic E-state index is 0.0905. The lowest BCUT2D eigenvalue weighted by Gasteiger charge is -2.36. The Balaban J connectivity index is 1.85. The average Bonchev–Trinajstić information content (AvgIpc) is 2.96. The Kier molecular flexibility index (Phi) is 6.38. The van der Waals surface area contributed by atoms with E-state index in [0.717, 1.165) is 0 Å². The van der Waals surface area contributed by atoms with Gasteiger partial charge in [-0.1, -0.05) is 25.4 Å². The van der Waals surface area contributed by atoms with Gasteiger partial charge < -0.3 is 19.5 Å². The van der Waals surface area contributed by atoms with E-state index in [0.29, 0.717) is 43.1 Å². The second-order valence-corrected chi connectivity index (χ2v) is 6.56. The zero-order chi connectivity index (χ0) is 16.8. The van der Waals surface area contributed by atoms with Gasteiger partial charge in [0.15, 0.2) is 5.82 Å². The second-order valence-electron chi connectivity index (χ2n) is 6.56. The van der Waals surface area contributed by atoms with E-state index in [1.54, 1.807) is 19.1 Å². The Morgan fingerprint density at radius 3 is 2.74 bits per heavy atom. The van der Waals surface area contributed by atoms with Gasteiger partial charge in [-0.15, -0.1) is 0 Å². The number of amides is 2. The van der Waals surface area contributed by atoms with E-state index in [9.17, 15) is 4.79 Å². The molecule has 1 aliphatic carbocycles. The van der Waals surface area contributed by atoms with Gasteiger partial charge in [-0.3, -0.25) is 0 Å². The van der Waals surface area contributed by atoms with Gasteiger partial charge in [-0.2, -0.15) is 4.98 Å². The van der Waals surface area contributed by atoms with Crippen LogP contribution in [0.25, 0.3) is 0 Å². The molecule has 1 N–H and O–H groups in total. The van der Waals surface area contributed by atoms with E-state index in [4.69, 9.17) is 9.26 Å². The van der Waals surface area contributed by atoms with Crippen LogP contribution >= 0.6 is 0 Å². The van der Waals surface area contributed by atoms with Crippen molar-refractivity contribution in [2.24, 2.45) is 11.8 Å². The second kappa shape index (κ2) is 8.29. The van der Waals surface area contributed by atoms with E-state index in [1.807, 2.05) is 0 Å². The Morgan fingerprint density at radius 1 is 1.39 bits per heavy atom. The highest BCUT2D eigenvalue weighted by Crippen LogP contribution is 2.28. The molecule has 0 bridgehead atoms. The molecule has 0 radical (unpaired) electrons. The van der Waals surface area contributed by atoms with Crippen molar-refractivity contribution in [1.29, 1.82) is 0 Å². The lowest BCUT2D eigenvalue weighted by atomic mass is 9.79. The zero-order valence-corrected chi connectivity index (χ0v) is 14.5. The van der Waals surface area contributed by atoms with Crippen LogP contribution in [0, 0.1) is 11.8 Å². The van der Waals surface area contributed by atoms with Crippen molar-refractivity contribution in [3.8, 4) is 0 Å². The number of rotatable bonds is 6. The summed E-state index contributed by atoms with van der Waals surface area (Å²) in [5, 5.41) is 7.04. The largest absolute Gasteiger partial charge is 0.384 e. The van der Waals surface area contributed by atoms with Crippen molar-refractivity contribution in [2.75, 3.05) is 20.8 Å². The molecule has 7 heteroatoms. The molecule has 1 aromatic heterocycles.